The first-order valence-electron chi connectivity index (χ1n) is 5.78. The van der Waals surface area contributed by atoms with Crippen LogP contribution in [0.2, 0.25) is 0 Å². The molecule has 6 nitrogen and oxygen atoms in total. The molecule has 7 heteroatoms. The van der Waals surface area contributed by atoms with Crippen LogP contribution >= 0.6 is 11.3 Å². The summed E-state index contributed by atoms with van der Waals surface area (Å²) in [5, 5.41) is 14.3. The van der Waals surface area contributed by atoms with Gasteiger partial charge in [-0.1, -0.05) is 0 Å². The average molecular weight is 286 g/mol. The normalized spacial score (nSPS) is 10.6. The van der Waals surface area contributed by atoms with Gasteiger partial charge < -0.3 is 11.1 Å². The number of nitro groups is 1. The summed E-state index contributed by atoms with van der Waals surface area (Å²) >= 11 is 1.38. The maximum absolute atomic E-state index is 11.3. The van der Waals surface area contributed by atoms with E-state index in [1.165, 1.54) is 11.3 Å². The molecule has 20 heavy (non-hydrogen) atoms. The summed E-state index contributed by atoms with van der Waals surface area (Å²) in [5.41, 5.74) is 9.39. The van der Waals surface area contributed by atoms with Gasteiger partial charge in [-0.25, -0.2) is 4.98 Å². The van der Waals surface area contributed by atoms with Crippen molar-refractivity contribution in [3.63, 3.8) is 0 Å². The molecule has 100 valence electrons. The fraction of sp³-hybridized carbons (Fsp3) is 0. The molecule has 1 aromatic heterocycles. The van der Waals surface area contributed by atoms with Crippen LogP contribution in [0.15, 0.2) is 41.9 Å². The number of fused-ring (bicyclic) bond motifs is 1. The Labute approximate surface area is 118 Å². The molecule has 0 radical (unpaired) electrons. The maximum atomic E-state index is 11.3. The topological polar surface area (TPSA) is 94.1 Å². The summed E-state index contributed by atoms with van der Waals surface area (Å²) in [4.78, 5) is 14.9. The first kappa shape index (κ1) is 12.4. The van der Waals surface area contributed by atoms with Crippen molar-refractivity contribution in [3.8, 4) is 0 Å². The predicted octanol–water partition coefficient (Wildman–Crippen LogP) is 3.53. The van der Waals surface area contributed by atoms with Crippen LogP contribution in [0, 0.1) is 10.1 Å². The van der Waals surface area contributed by atoms with Crippen molar-refractivity contribution in [2.75, 3.05) is 11.1 Å². The number of rotatable bonds is 3. The number of nitrogens with zero attached hydrogens (tertiary/aromatic N) is 2. The number of nitro benzene ring substituents is 1. The molecular formula is C13H10N4O2S. The lowest BCUT2D eigenvalue weighted by molar-refractivity contribution is -0.382. The summed E-state index contributed by atoms with van der Waals surface area (Å²) in [7, 11) is 0. The summed E-state index contributed by atoms with van der Waals surface area (Å²) < 4.78 is 0.791. The van der Waals surface area contributed by atoms with E-state index in [-0.39, 0.29) is 5.69 Å². The minimum absolute atomic E-state index is 0.0134. The Morgan fingerprint density at radius 3 is 2.65 bits per heavy atom. The van der Waals surface area contributed by atoms with Crippen molar-refractivity contribution in [1.29, 1.82) is 0 Å². The highest BCUT2D eigenvalue weighted by Gasteiger charge is 2.20. The predicted molar refractivity (Wildman–Crippen MR) is 80.4 cm³/mol. The molecule has 0 aliphatic carbocycles. The number of anilines is 3. The summed E-state index contributed by atoms with van der Waals surface area (Å²) in [6.07, 6.45) is 0. The minimum Gasteiger partial charge on any atom is -0.399 e. The van der Waals surface area contributed by atoms with Crippen molar-refractivity contribution >= 4 is 44.3 Å². The lowest BCUT2D eigenvalue weighted by Gasteiger charge is -2.07. The molecule has 2 aromatic carbocycles. The molecule has 0 saturated carbocycles. The van der Waals surface area contributed by atoms with Gasteiger partial charge in [-0.3, -0.25) is 10.1 Å². The van der Waals surface area contributed by atoms with Crippen molar-refractivity contribution in [3.05, 3.63) is 52.0 Å². The molecule has 0 atom stereocenters. The molecule has 3 N–H and O–H groups in total. The monoisotopic (exact) mass is 286 g/mol. The number of thiazole rings is 1. The molecule has 0 aliphatic heterocycles. The number of nitrogen functional groups attached to an aromatic ring is 1. The van der Waals surface area contributed by atoms with Gasteiger partial charge in [-0.15, -0.1) is 11.3 Å². The zero-order valence-electron chi connectivity index (χ0n) is 10.2. The standard InChI is InChI=1S/C13H10N4O2S/c14-8-1-3-9(4-2-8)16-10-5-6-11-12(15-7-20-11)13(10)17(18)19/h1-7,16H,14H2. The highest BCUT2D eigenvalue weighted by Crippen LogP contribution is 2.35. The number of hydrogen-bond donors (Lipinski definition) is 2. The van der Waals surface area contributed by atoms with Crippen LogP contribution in [0.3, 0.4) is 0 Å². The van der Waals surface area contributed by atoms with Gasteiger partial charge in [0.15, 0.2) is 5.52 Å². The van der Waals surface area contributed by atoms with Crippen LogP contribution < -0.4 is 11.1 Å². The van der Waals surface area contributed by atoms with Crippen molar-refractivity contribution in [2.45, 2.75) is 0 Å². The number of hydrogen-bond acceptors (Lipinski definition) is 6. The van der Waals surface area contributed by atoms with E-state index in [4.69, 9.17) is 5.73 Å². The van der Waals surface area contributed by atoms with Crippen LogP contribution in [0.1, 0.15) is 0 Å². The smallest absolute Gasteiger partial charge is 0.319 e. The Hall–Kier alpha value is -2.67. The second kappa shape index (κ2) is 4.78. The molecule has 0 saturated heterocycles. The molecular weight excluding hydrogens is 276 g/mol. The van der Waals surface area contributed by atoms with Gasteiger partial charge in [0.25, 0.3) is 0 Å². The van der Waals surface area contributed by atoms with E-state index < -0.39 is 4.92 Å². The Kier molecular flexibility index (Phi) is 2.96. The van der Waals surface area contributed by atoms with E-state index in [2.05, 4.69) is 10.3 Å². The third-order valence-electron chi connectivity index (χ3n) is 2.85. The summed E-state index contributed by atoms with van der Waals surface area (Å²) in [5.74, 6) is 0. The molecule has 0 fully saturated rings. The second-order valence-electron chi connectivity index (χ2n) is 4.16. The van der Waals surface area contributed by atoms with E-state index in [0.717, 1.165) is 10.4 Å². The number of aromatic nitrogens is 1. The fourth-order valence-electron chi connectivity index (χ4n) is 1.92. The largest absolute Gasteiger partial charge is 0.399 e. The third-order valence-corrected chi connectivity index (χ3v) is 3.64. The van der Waals surface area contributed by atoms with Gasteiger partial charge in [0, 0.05) is 11.4 Å². The Balaban J connectivity index is 2.08. The zero-order chi connectivity index (χ0) is 14.1. The number of nitrogens with one attached hydrogen (secondary N) is 1. The van der Waals surface area contributed by atoms with Crippen LogP contribution in [-0.4, -0.2) is 9.91 Å². The Bertz CT molecular complexity index is 783. The van der Waals surface area contributed by atoms with E-state index in [0.29, 0.717) is 16.9 Å². The first-order valence-corrected chi connectivity index (χ1v) is 6.66. The van der Waals surface area contributed by atoms with Crippen LogP contribution in [0.25, 0.3) is 10.2 Å². The van der Waals surface area contributed by atoms with Gasteiger partial charge >= 0.3 is 5.69 Å². The molecule has 1 heterocycles. The van der Waals surface area contributed by atoms with Crippen molar-refractivity contribution < 1.29 is 4.92 Å². The SMILES string of the molecule is Nc1ccc(Nc2ccc3scnc3c2[N+](=O)[O-])cc1. The van der Waals surface area contributed by atoms with Crippen LogP contribution in [0.5, 0.6) is 0 Å². The molecule has 0 aliphatic rings. The molecule has 3 rings (SSSR count). The van der Waals surface area contributed by atoms with Crippen LogP contribution in [-0.2, 0) is 0 Å². The van der Waals surface area contributed by atoms with Crippen molar-refractivity contribution in [2.24, 2.45) is 0 Å². The van der Waals surface area contributed by atoms with Gasteiger partial charge in [0.05, 0.1) is 15.1 Å². The first-order chi connectivity index (χ1) is 9.65. The molecule has 0 spiro atoms. The molecule has 3 aromatic rings. The number of benzene rings is 2. The lowest BCUT2D eigenvalue weighted by atomic mass is 10.2. The fourth-order valence-corrected chi connectivity index (χ4v) is 2.60. The average Bonchev–Trinajstić information content (AvgIpc) is 2.89. The Morgan fingerprint density at radius 2 is 1.95 bits per heavy atom. The number of nitrogens with two attached hydrogens (primary N) is 1. The molecule has 0 amide bonds. The van der Waals surface area contributed by atoms with Gasteiger partial charge in [-0.2, -0.15) is 0 Å². The highest BCUT2D eigenvalue weighted by molar-refractivity contribution is 7.16. The van der Waals surface area contributed by atoms with E-state index in [1.807, 2.05) is 6.07 Å². The van der Waals surface area contributed by atoms with Gasteiger partial charge in [0.1, 0.15) is 5.69 Å². The quantitative estimate of drug-likeness (QED) is 0.436. The maximum Gasteiger partial charge on any atom is 0.319 e. The van der Waals surface area contributed by atoms with E-state index in [1.54, 1.807) is 35.8 Å². The van der Waals surface area contributed by atoms with E-state index >= 15 is 0 Å². The summed E-state index contributed by atoms with van der Waals surface area (Å²) in [6.45, 7) is 0. The van der Waals surface area contributed by atoms with Crippen LogP contribution in [0.4, 0.5) is 22.7 Å². The minimum atomic E-state index is -0.415. The van der Waals surface area contributed by atoms with Gasteiger partial charge in [0.2, 0.25) is 0 Å². The second-order valence-corrected chi connectivity index (χ2v) is 5.05. The molecule has 0 unspecified atom stereocenters. The Morgan fingerprint density at radius 1 is 1.20 bits per heavy atom. The van der Waals surface area contributed by atoms with Crippen molar-refractivity contribution in [1.82, 2.24) is 4.98 Å². The van der Waals surface area contributed by atoms with E-state index in [9.17, 15) is 10.1 Å². The molecule has 0 bridgehead atoms. The highest BCUT2D eigenvalue weighted by atomic mass is 32.1. The zero-order valence-corrected chi connectivity index (χ0v) is 11.1. The third kappa shape index (κ3) is 2.14. The summed E-state index contributed by atoms with van der Waals surface area (Å²) in [6, 6.07) is 10.5. The van der Waals surface area contributed by atoms with Gasteiger partial charge in [-0.05, 0) is 36.4 Å². The lowest BCUT2D eigenvalue weighted by Crippen LogP contribution is -1.98.